The summed E-state index contributed by atoms with van der Waals surface area (Å²) in [7, 11) is 0. The molecule has 0 aromatic carbocycles. The molecule has 0 saturated heterocycles. The molecule has 0 aromatic heterocycles. The van der Waals surface area contributed by atoms with Crippen molar-refractivity contribution in [3.8, 4) is 0 Å². The zero-order valence-corrected chi connectivity index (χ0v) is 13.4. The Labute approximate surface area is 119 Å². The van der Waals surface area contributed by atoms with E-state index in [-0.39, 0.29) is 6.10 Å². The highest BCUT2D eigenvalue weighted by Gasteiger charge is 2.36. The Morgan fingerprint density at radius 1 is 1.05 bits per heavy atom. The molecular weight excluding hydrogens is 234 g/mol. The standard InChI is InChI=1S/C17H33NO/c1-5-18(11-13-6-7-13)12-14-10-15(17(2,3)4)8-9-16(14)19/h13-16,19H,5-12H2,1-4H3. The lowest BCUT2D eigenvalue weighted by molar-refractivity contribution is 0.00334. The van der Waals surface area contributed by atoms with Crippen LogP contribution in [0.5, 0.6) is 0 Å². The fraction of sp³-hybridized carbons (Fsp3) is 1.00. The second-order valence-corrected chi connectivity index (χ2v) is 8.00. The molecule has 0 spiro atoms. The van der Waals surface area contributed by atoms with Crippen LogP contribution in [-0.4, -0.2) is 35.7 Å². The van der Waals surface area contributed by atoms with Crippen LogP contribution in [0.15, 0.2) is 0 Å². The molecule has 3 atom stereocenters. The molecule has 0 aromatic rings. The Balaban J connectivity index is 1.88. The van der Waals surface area contributed by atoms with Crippen LogP contribution in [0.4, 0.5) is 0 Å². The normalized spacial score (nSPS) is 32.8. The van der Waals surface area contributed by atoms with Crippen LogP contribution < -0.4 is 0 Å². The average Bonchev–Trinajstić information content (AvgIpc) is 3.13. The van der Waals surface area contributed by atoms with Crippen molar-refractivity contribution < 1.29 is 5.11 Å². The predicted molar refractivity (Wildman–Crippen MR) is 81.1 cm³/mol. The maximum atomic E-state index is 10.3. The van der Waals surface area contributed by atoms with E-state index < -0.39 is 0 Å². The molecule has 1 N–H and O–H groups in total. The van der Waals surface area contributed by atoms with Crippen molar-refractivity contribution in [1.29, 1.82) is 0 Å². The summed E-state index contributed by atoms with van der Waals surface area (Å²) in [6, 6.07) is 0. The molecule has 2 rings (SSSR count). The number of aliphatic hydroxyl groups is 1. The van der Waals surface area contributed by atoms with Crippen LogP contribution in [-0.2, 0) is 0 Å². The summed E-state index contributed by atoms with van der Waals surface area (Å²) < 4.78 is 0. The van der Waals surface area contributed by atoms with Gasteiger partial charge in [0.2, 0.25) is 0 Å². The first-order valence-electron chi connectivity index (χ1n) is 8.30. The molecule has 2 saturated carbocycles. The van der Waals surface area contributed by atoms with Gasteiger partial charge in [-0.2, -0.15) is 0 Å². The van der Waals surface area contributed by atoms with E-state index in [1.807, 2.05) is 0 Å². The average molecular weight is 267 g/mol. The van der Waals surface area contributed by atoms with E-state index in [0.717, 1.165) is 31.3 Å². The van der Waals surface area contributed by atoms with Crippen LogP contribution in [0.3, 0.4) is 0 Å². The van der Waals surface area contributed by atoms with Gasteiger partial charge in [-0.15, -0.1) is 0 Å². The topological polar surface area (TPSA) is 23.5 Å². The molecule has 0 radical (unpaired) electrons. The van der Waals surface area contributed by atoms with Crippen molar-refractivity contribution >= 4 is 0 Å². The molecule has 2 nitrogen and oxygen atoms in total. The van der Waals surface area contributed by atoms with Crippen LogP contribution in [0.2, 0.25) is 0 Å². The molecule has 2 aliphatic rings. The molecule has 2 fully saturated rings. The second kappa shape index (κ2) is 6.13. The first-order valence-corrected chi connectivity index (χ1v) is 8.30. The number of hydrogen-bond donors (Lipinski definition) is 1. The quantitative estimate of drug-likeness (QED) is 0.823. The minimum Gasteiger partial charge on any atom is -0.393 e. The van der Waals surface area contributed by atoms with Gasteiger partial charge in [0.15, 0.2) is 0 Å². The van der Waals surface area contributed by atoms with Crippen molar-refractivity contribution in [2.75, 3.05) is 19.6 Å². The SMILES string of the molecule is CCN(CC1CC1)CC1CC(C(C)(C)C)CCC1O. The largest absolute Gasteiger partial charge is 0.393 e. The van der Waals surface area contributed by atoms with Crippen LogP contribution in [0.25, 0.3) is 0 Å². The van der Waals surface area contributed by atoms with Gasteiger partial charge in [-0.05, 0) is 61.8 Å². The van der Waals surface area contributed by atoms with Gasteiger partial charge in [0.05, 0.1) is 6.10 Å². The van der Waals surface area contributed by atoms with E-state index in [0.29, 0.717) is 11.3 Å². The molecule has 112 valence electrons. The van der Waals surface area contributed by atoms with Gasteiger partial charge in [0, 0.05) is 13.1 Å². The van der Waals surface area contributed by atoms with E-state index in [2.05, 4.69) is 32.6 Å². The van der Waals surface area contributed by atoms with E-state index in [9.17, 15) is 5.11 Å². The molecule has 0 amide bonds. The smallest absolute Gasteiger partial charge is 0.0580 e. The van der Waals surface area contributed by atoms with Gasteiger partial charge in [-0.3, -0.25) is 0 Å². The summed E-state index contributed by atoms with van der Waals surface area (Å²) in [5.74, 6) is 2.23. The zero-order valence-electron chi connectivity index (χ0n) is 13.4. The lowest BCUT2D eigenvalue weighted by Crippen LogP contribution is -2.41. The maximum absolute atomic E-state index is 10.3. The third-order valence-corrected chi connectivity index (χ3v) is 5.32. The Hall–Kier alpha value is -0.0800. The van der Waals surface area contributed by atoms with Gasteiger partial charge in [-0.25, -0.2) is 0 Å². The second-order valence-electron chi connectivity index (χ2n) is 8.00. The Morgan fingerprint density at radius 2 is 1.74 bits per heavy atom. The lowest BCUT2D eigenvalue weighted by Gasteiger charge is -2.41. The van der Waals surface area contributed by atoms with Gasteiger partial charge in [-0.1, -0.05) is 27.7 Å². The van der Waals surface area contributed by atoms with Gasteiger partial charge in [0.25, 0.3) is 0 Å². The summed E-state index contributed by atoms with van der Waals surface area (Å²) in [4.78, 5) is 2.58. The number of nitrogens with zero attached hydrogens (tertiary/aromatic N) is 1. The van der Waals surface area contributed by atoms with Crippen molar-refractivity contribution in [1.82, 2.24) is 4.90 Å². The van der Waals surface area contributed by atoms with Crippen molar-refractivity contribution in [2.45, 2.75) is 65.9 Å². The number of aliphatic hydroxyl groups excluding tert-OH is 1. The Morgan fingerprint density at radius 3 is 2.26 bits per heavy atom. The molecule has 3 unspecified atom stereocenters. The summed E-state index contributed by atoms with van der Waals surface area (Å²) in [5, 5.41) is 10.3. The van der Waals surface area contributed by atoms with Crippen LogP contribution in [0.1, 0.15) is 59.8 Å². The van der Waals surface area contributed by atoms with Crippen molar-refractivity contribution in [3.05, 3.63) is 0 Å². The summed E-state index contributed by atoms with van der Waals surface area (Å²) in [6.07, 6.45) is 6.21. The van der Waals surface area contributed by atoms with Gasteiger partial charge < -0.3 is 10.0 Å². The summed E-state index contributed by atoms with van der Waals surface area (Å²) in [5.41, 5.74) is 0.395. The van der Waals surface area contributed by atoms with Gasteiger partial charge >= 0.3 is 0 Å². The molecule has 0 heterocycles. The minimum atomic E-state index is -0.0631. The molecule has 0 aliphatic heterocycles. The predicted octanol–water partition coefficient (Wildman–Crippen LogP) is 3.54. The van der Waals surface area contributed by atoms with Crippen LogP contribution >= 0.6 is 0 Å². The van der Waals surface area contributed by atoms with Crippen molar-refractivity contribution in [2.24, 2.45) is 23.2 Å². The molecule has 19 heavy (non-hydrogen) atoms. The third kappa shape index (κ3) is 4.46. The lowest BCUT2D eigenvalue weighted by atomic mass is 9.68. The zero-order chi connectivity index (χ0) is 14.0. The summed E-state index contributed by atoms with van der Waals surface area (Å²) in [6.45, 7) is 12.8. The third-order valence-electron chi connectivity index (χ3n) is 5.32. The molecule has 2 heteroatoms. The van der Waals surface area contributed by atoms with E-state index in [1.165, 1.54) is 32.2 Å². The monoisotopic (exact) mass is 267 g/mol. The Bertz CT molecular complexity index is 279. The van der Waals surface area contributed by atoms with E-state index >= 15 is 0 Å². The molecule has 2 aliphatic carbocycles. The summed E-state index contributed by atoms with van der Waals surface area (Å²) >= 11 is 0. The van der Waals surface area contributed by atoms with Gasteiger partial charge in [0.1, 0.15) is 0 Å². The highest BCUT2D eigenvalue weighted by atomic mass is 16.3. The van der Waals surface area contributed by atoms with Crippen molar-refractivity contribution in [3.63, 3.8) is 0 Å². The first kappa shape index (κ1) is 15.3. The minimum absolute atomic E-state index is 0.0631. The first-order chi connectivity index (χ1) is 8.90. The molecular formula is C17H33NO. The fourth-order valence-electron chi connectivity index (χ4n) is 3.56. The maximum Gasteiger partial charge on any atom is 0.0580 e. The number of rotatable bonds is 5. The highest BCUT2D eigenvalue weighted by molar-refractivity contribution is 4.87. The molecule has 0 bridgehead atoms. The van der Waals surface area contributed by atoms with Crippen LogP contribution in [0, 0.1) is 23.2 Å². The van der Waals surface area contributed by atoms with E-state index in [4.69, 9.17) is 0 Å². The Kier molecular flexibility index (Phi) is 4.94. The number of hydrogen-bond acceptors (Lipinski definition) is 2. The highest BCUT2D eigenvalue weighted by Crippen LogP contribution is 2.41. The van der Waals surface area contributed by atoms with E-state index in [1.54, 1.807) is 0 Å². The fourth-order valence-corrected chi connectivity index (χ4v) is 3.56.